The van der Waals surface area contributed by atoms with Crippen molar-refractivity contribution in [2.24, 2.45) is 0 Å². The molecular weight excluding hydrogens is 226 g/mol. The van der Waals surface area contributed by atoms with Crippen LogP contribution in [0.1, 0.15) is 12.5 Å². The molecule has 1 aromatic carbocycles. The zero-order valence-corrected chi connectivity index (χ0v) is 9.79. The Morgan fingerprint density at radius 3 is 2.94 bits per heavy atom. The molecule has 86 valence electrons. The van der Waals surface area contributed by atoms with Crippen LogP contribution >= 0.6 is 11.6 Å². The van der Waals surface area contributed by atoms with Crippen LogP contribution in [0.5, 0.6) is 0 Å². The van der Waals surface area contributed by atoms with Crippen molar-refractivity contribution in [3.8, 4) is 0 Å². The fourth-order valence-corrected chi connectivity index (χ4v) is 1.83. The topological polar surface area (TPSA) is 45.4 Å². The monoisotopic (exact) mass is 239 g/mol. The molecule has 0 saturated carbocycles. The first-order valence-corrected chi connectivity index (χ1v) is 5.60. The highest BCUT2D eigenvalue weighted by Crippen LogP contribution is 2.29. The molecule has 0 aliphatic carbocycles. The molecule has 0 radical (unpaired) electrons. The van der Waals surface area contributed by atoms with E-state index in [1.165, 1.54) is 0 Å². The van der Waals surface area contributed by atoms with Crippen LogP contribution in [0.2, 0.25) is 5.22 Å². The summed E-state index contributed by atoms with van der Waals surface area (Å²) in [7, 11) is 0. The molecule has 0 unspecified atom stereocenters. The largest absolute Gasteiger partial charge is 0.444 e. The molecule has 2 N–H and O–H groups in total. The van der Waals surface area contributed by atoms with Gasteiger partial charge in [-0.05, 0) is 24.6 Å². The van der Waals surface area contributed by atoms with Gasteiger partial charge in [-0.15, -0.1) is 0 Å². The summed E-state index contributed by atoms with van der Waals surface area (Å²) in [4.78, 5) is 0. The molecule has 1 heterocycles. The van der Waals surface area contributed by atoms with Crippen LogP contribution in [0, 0.1) is 0 Å². The fraction of sp³-hybridized carbons (Fsp3) is 0.333. The molecule has 0 bridgehead atoms. The van der Waals surface area contributed by atoms with Gasteiger partial charge in [0.1, 0.15) is 5.58 Å². The molecular formula is C12H14ClNO2. The highest BCUT2D eigenvalue weighted by Gasteiger charge is 2.12. The van der Waals surface area contributed by atoms with Crippen LogP contribution in [-0.2, 0) is 6.54 Å². The lowest BCUT2D eigenvalue weighted by atomic mass is 10.1. The number of fused-ring (bicyclic) bond motifs is 1. The van der Waals surface area contributed by atoms with Crippen molar-refractivity contribution in [3.63, 3.8) is 0 Å². The van der Waals surface area contributed by atoms with E-state index in [1.54, 1.807) is 0 Å². The maximum atomic E-state index is 8.93. The van der Waals surface area contributed by atoms with Gasteiger partial charge < -0.3 is 14.8 Å². The first-order chi connectivity index (χ1) is 7.72. The molecule has 3 nitrogen and oxygen atoms in total. The second-order valence-corrected chi connectivity index (χ2v) is 4.16. The van der Waals surface area contributed by atoms with Gasteiger partial charge in [-0.1, -0.05) is 18.2 Å². The third-order valence-corrected chi connectivity index (χ3v) is 2.86. The van der Waals surface area contributed by atoms with Gasteiger partial charge in [-0.2, -0.15) is 0 Å². The van der Waals surface area contributed by atoms with Crippen LogP contribution in [0.25, 0.3) is 11.0 Å². The van der Waals surface area contributed by atoms with Crippen LogP contribution in [0.4, 0.5) is 0 Å². The predicted molar refractivity (Wildman–Crippen MR) is 64.6 cm³/mol. The van der Waals surface area contributed by atoms with Gasteiger partial charge in [0.15, 0.2) is 5.22 Å². The van der Waals surface area contributed by atoms with E-state index in [2.05, 4.69) is 5.32 Å². The molecule has 1 aromatic heterocycles. The van der Waals surface area contributed by atoms with Crippen molar-refractivity contribution < 1.29 is 9.52 Å². The summed E-state index contributed by atoms with van der Waals surface area (Å²) >= 11 is 6.03. The molecule has 0 amide bonds. The molecule has 0 saturated heterocycles. The number of benzene rings is 1. The summed E-state index contributed by atoms with van der Waals surface area (Å²) in [5.74, 6) is 0. The molecule has 2 rings (SSSR count). The van der Waals surface area contributed by atoms with E-state index in [0.717, 1.165) is 16.5 Å². The van der Waals surface area contributed by atoms with Crippen molar-refractivity contribution in [1.82, 2.24) is 5.32 Å². The Morgan fingerprint density at radius 2 is 2.19 bits per heavy atom. The van der Waals surface area contributed by atoms with Crippen molar-refractivity contribution in [2.75, 3.05) is 6.61 Å². The molecule has 4 heteroatoms. The lowest BCUT2D eigenvalue weighted by Crippen LogP contribution is -2.28. The van der Waals surface area contributed by atoms with Crippen molar-refractivity contribution in [3.05, 3.63) is 35.0 Å². The number of aliphatic hydroxyl groups is 1. The first kappa shape index (κ1) is 11.5. The van der Waals surface area contributed by atoms with E-state index in [9.17, 15) is 0 Å². The summed E-state index contributed by atoms with van der Waals surface area (Å²) in [5.41, 5.74) is 1.73. The maximum absolute atomic E-state index is 8.93. The minimum absolute atomic E-state index is 0.0460. The van der Waals surface area contributed by atoms with E-state index in [0.29, 0.717) is 11.8 Å². The molecule has 0 aliphatic heterocycles. The minimum atomic E-state index is 0.0460. The summed E-state index contributed by atoms with van der Waals surface area (Å²) in [6.07, 6.45) is 0. The molecule has 2 aromatic rings. The number of rotatable bonds is 4. The van der Waals surface area contributed by atoms with Crippen molar-refractivity contribution in [2.45, 2.75) is 19.5 Å². The third-order valence-electron chi connectivity index (χ3n) is 2.55. The van der Waals surface area contributed by atoms with Crippen LogP contribution in [0.3, 0.4) is 0 Å². The Labute approximate surface area is 99.0 Å². The van der Waals surface area contributed by atoms with Crippen LogP contribution in [0.15, 0.2) is 28.7 Å². The minimum Gasteiger partial charge on any atom is -0.444 e. The predicted octanol–water partition coefficient (Wildman–Crippen LogP) is 2.56. The lowest BCUT2D eigenvalue weighted by molar-refractivity contribution is 0.251. The smallest absolute Gasteiger partial charge is 0.199 e. The van der Waals surface area contributed by atoms with E-state index >= 15 is 0 Å². The molecule has 0 aliphatic rings. The van der Waals surface area contributed by atoms with Crippen LogP contribution < -0.4 is 5.32 Å². The zero-order chi connectivity index (χ0) is 11.5. The quantitative estimate of drug-likeness (QED) is 0.862. The number of halogens is 1. The lowest BCUT2D eigenvalue weighted by Gasteiger charge is -2.09. The number of nitrogens with one attached hydrogen (secondary N) is 1. The maximum Gasteiger partial charge on any atom is 0.199 e. The van der Waals surface area contributed by atoms with Gasteiger partial charge in [-0.25, -0.2) is 0 Å². The van der Waals surface area contributed by atoms with Crippen LogP contribution in [-0.4, -0.2) is 17.8 Å². The number of para-hydroxylation sites is 1. The second-order valence-electron chi connectivity index (χ2n) is 3.82. The average Bonchev–Trinajstić information content (AvgIpc) is 2.62. The van der Waals surface area contributed by atoms with E-state index in [4.69, 9.17) is 21.1 Å². The summed E-state index contributed by atoms with van der Waals surface area (Å²) in [5, 5.41) is 13.5. The highest BCUT2D eigenvalue weighted by molar-refractivity contribution is 6.30. The standard InChI is InChI=1S/C12H14ClNO2/c1-8(7-15)14-6-10-9-4-2-3-5-11(9)16-12(10)13/h2-5,8,14-15H,6-7H2,1H3/t8-/m0/s1. The normalized spacial score (nSPS) is 13.2. The Balaban J connectivity index is 2.26. The molecule has 0 spiro atoms. The number of hydrogen-bond acceptors (Lipinski definition) is 3. The van der Waals surface area contributed by atoms with Gasteiger partial charge >= 0.3 is 0 Å². The average molecular weight is 240 g/mol. The SMILES string of the molecule is C[C@@H](CO)NCc1c(Cl)oc2ccccc12. The van der Waals surface area contributed by atoms with E-state index in [-0.39, 0.29) is 12.6 Å². The Bertz CT molecular complexity index is 481. The number of furan rings is 1. The Kier molecular flexibility index (Phi) is 3.49. The van der Waals surface area contributed by atoms with Gasteiger partial charge in [0, 0.05) is 23.5 Å². The summed E-state index contributed by atoms with van der Waals surface area (Å²) in [6.45, 7) is 2.61. The molecule has 1 atom stereocenters. The van der Waals surface area contributed by atoms with Gasteiger partial charge in [0.25, 0.3) is 0 Å². The molecule has 0 fully saturated rings. The Morgan fingerprint density at radius 1 is 1.44 bits per heavy atom. The van der Waals surface area contributed by atoms with E-state index in [1.807, 2.05) is 31.2 Å². The Hall–Kier alpha value is -1.03. The van der Waals surface area contributed by atoms with Gasteiger partial charge in [-0.3, -0.25) is 0 Å². The van der Waals surface area contributed by atoms with Crippen molar-refractivity contribution in [1.29, 1.82) is 0 Å². The zero-order valence-electron chi connectivity index (χ0n) is 9.03. The number of aliphatic hydroxyl groups excluding tert-OH is 1. The summed E-state index contributed by atoms with van der Waals surface area (Å²) in [6, 6.07) is 7.78. The number of hydrogen-bond donors (Lipinski definition) is 2. The highest BCUT2D eigenvalue weighted by atomic mass is 35.5. The van der Waals surface area contributed by atoms with E-state index < -0.39 is 0 Å². The van der Waals surface area contributed by atoms with Gasteiger partial charge in [0.2, 0.25) is 0 Å². The first-order valence-electron chi connectivity index (χ1n) is 5.22. The fourth-order valence-electron chi connectivity index (χ4n) is 1.57. The molecule has 16 heavy (non-hydrogen) atoms. The van der Waals surface area contributed by atoms with Crippen molar-refractivity contribution >= 4 is 22.6 Å². The third kappa shape index (κ3) is 2.21. The van der Waals surface area contributed by atoms with Gasteiger partial charge in [0.05, 0.1) is 6.61 Å². The second kappa shape index (κ2) is 4.87. The summed E-state index contributed by atoms with van der Waals surface area (Å²) < 4.78 is 5.43.